The molecular formula is C11H17N5. The second-order valence-electron chi connectivity index (χ2n) is 4.44. The van der Waals surface area contributed by atoms with E-state index in [1.165, 1.54) is 0 Å². The van der Waals surface area contributed by atoms with Gasteiger partial charge in [-0.15, -0.1) is 0 Å². The SMILES string of the molecule is Cc1nc(N)c2cnn(CCC(C)C)c2n1. The minimum Gasteiger partial charge on any atom is -0.383 e. The first-order valence-electron chi connectivity index (χ1n) is 5.53. The van der Waals surface area contributed by atoms with Crippen LogP contribution in [0.2, 0.25) is 0 Å². The maximum Gasteiger partial charge on any atom is 0.163 e. The molecule has 0 aliphatic heterocycles. The summed E-state index contributed by atoms with van der Waals surface area (Å²) in [7, 11) is 0. The third-order valence-corrected chi connectivity index (χ3v) is 2.56. The predicted octanol–water partition coefficient (Wildman–Crippen LogP) is 1.76. The van der Waals surface area contributed by atoms with Gasteiger partial charge in [0.25, 0.3) is 0 Å². The summed E-state index contributed by atoms with van der Waals surface area (Å²) in [6.07, 6.45) is 2.82. The second-order valence-corrected chi connectivity index (χ2v) is 4.44. The van der Waals surface area contributed by atoms with Gasteiger partial charge in [-0.1, -0.05) is 13.8 Å². The van der Waals surface area contributed by atoms with E-state index in [9.17, 15) is 0 Å². The number of anilines is 1. The first kappa shape index (κ1) is 10.9. The molecule has 5 nitrogen and oxygen atoms in total. The van der Waals surface area contributed by atoms with Crippen molar-refractivity contribution in [3.05, 3.63) is 12.0 Å². The summed E-state index contributed by atoms with van der Waals surface area (Å²) in [5.41, 5.74) is 6.66. The average Bonchev–Trinajstić information content (AvgIpc) is 2.58. The quantitative estimate of drug-likeness (QED) is 0.854. The zero-order chi connectivity index (χ0) is 11.7. The van der Waals surface area contributed by atoms with Crippen molar-refractivity contribution in [1.82, 2.24) is 19.7 Å². The number of nitrogens with zero attached hydrogens (tertiary/aromatic N) is 4. The molecule has 0 bridgehead atoms. The number of hydrogen-bond acceptors (Lipinski definition) is 4. The molecule has 86 valence electrons. The highest BCUT2D eigenvalue weighted by Crippen LogP contribution is 2.17. The maximum atomic E-state index is 5.82. The molecule has 0 radical (unpaired) electrons. The topological polar surface area (TPSA) is 69.6 Å². The molecule has 0 aliphatic carbocycles. The second kappa shape index (κ2) is 4.08. The van der Waals surface area contributed by atoms with E-state index in [-0.39, 0.29) is 0 Å². The van der Waals surface area contributed by atoms with Crippen molar-refractivity contribution in [2.75, 3.05) is 5.73 Å². The van der Waals surface area contributed by atoms with Crippen LogP contribution in [0.5, 0.6) is 0 Å². The normalized spacial score (nSPS) is 11.5. The van der Waals surface area contributed by atoms with Crippen LogP contribution in [0.3, 0.4) is 0 Å². The van der Waals surface area contributed by atoms with Gasteiger partial charge in [0.1, 0.15) is 11.6 Å². The van der Waals surface area contributed by atoms with Crippen molar-refractivity contribution >= 4 is 16.9 Å². The first-order valence-corrected chi connectivity index (χ1v) is 5.53. The zero-order valence-electron chi connectivity index (χ0n) is 9.94. The zero-order valence-corrected chi connectivity index (χ0v) is 9.94. The number of nitrogens with two attached hydrogens (primary N) is 1. The van der Waals surface area contributed by atoms with E-state index < -0.39 is 0 Å². The van der Waals surface area contributed by atoms with Crippen LogP contribution >= 0.6 is 0 Å². The van der Waals surface area contributed by atoms with E-state index in [4.69, 9.17) is 5.73 Å². The minimum absolute atomic E-state index is 0.512. The van der Waals surface area contributed by atoms with Crippen molar-refractivity contribution < 1.29 is 0 Å². The third-order valence-electron chi connectivity index (χ3n) is 2.56. The van der Waals surface area contributed by atoms with Crippen LogP contribution in [0.1, 0.15) is 26.1 Å². The summed E-state index contributed by atoms with van der Waals surface area (Å²) < 4.78 is 1.90. The van der Waals surface area contributed by atoms with Crippen molar-refractivity contribution in [3.8, 4) is 0 Å². The van der Waals surface area contributed by atoms with Crippen LogP contribution in [0.25, 0.3) is 11.0 Å². The number of hydrogen-bond donors (Lipinski definition) is 1. The molecule has 0 spiro atoms. The van der Waals surface area contributed by atoms with E-state index in [0.29, 0.717) is 17.6 Å². The fraction of sp³-hybridized carbons (Fsp3) is 0.545. The average molecular weight is 219 g/mol. The summed E-state index contributed by atoms with van der Waals surface area (Å²) in [6, 6.07) is 0. The Morgan fingerprint density at radius 1 is 1.38 bits per heavy atom. The number of aromatic nitrogens is 4. The summed E-state index contributed by atoms with van der Waals surface area (Å²) in [4.78, 5) is 8.51. The van der Waals surface area contributed by atoms with Crippen molar-refractivity contribution in [2.45, 2.75) is 33.7 Å². The summed E-state index contributed by atoms with van der Waals surface area (Å²) in [6.45, 7) is 7.10. The van der Waals surface area contributed by atoms with Gasteiger partial charge >= 0.3 is 0 Å². The molecule has 0 saturated heterocycles. The van der Waals surface area contributed by atoms with Gasteiger partial charge < -0.3 is 5.73 Å². The van der Waals surface area contributed by atoms with Crippen LogP contribution < -0.4 is 5.73 Å². The summed E-state index contributed by atoms with van der Waals surface area (Å²) >= 11 is 0. The molecule has 2 N–H and O–H groups in total. The monoisotopic (exact) mass is 219 g/mol. The molecule has 0 amide bonds. The molecule has 0 unspecified atom stereocenters. The van der Waals surface area contributed by atoms with Crippen LogP contribution in [0, 0.1) is 12.8 Å². The Morgan fingerprint density at radius 2 is 2.12 bits per heavy atom. The van der Waals surface area contributed by atoms with E-state index in [0.717, 1.165) is 24.0 Å². The fourth-order valence-electron chi connectivity index (χ4n) is 1.63. The Balaban J connectivity index is 2.40. The molecule has 5 heteroatoms. The standard InChI is InChI=1S/C11H17N5/c1-7(2)4-5-16-11-9(6-13-16)10(12)14-8(3)15-11/h6-7H,4-5H2,1-3H3,(H2,12,14,15). The van der Waals surface area contributed by atoms with Gasteiger partial charge in [0.2, 0.25) is 0 Å². The lowest BCUT2D eigenvalue weighted by molar-refractivity contribution is 0.494. The molecule has 0 fully saturated rings. The Labute approximate surface area is 94.7 Å². The Kier molecular flexibility index (Phi) is 2.77. The van der Waals surface area contributed by atoms with Crippen LogP contribution in [0.4, 0.5) is 5.82 Å². The minimum atomic E-state index is 0.512. The lowest BCUT2D eigenvalue weighted by Gasteiger charge is -2.06. The Bertz CT molecular complexity index is 500. The molecule has 0 atom stereocenters. The predicted molar refractivity (Wildman–Crippen MR) is 63.9 cm³/mol. The van der Waals surface area contributed by atoms with Crippen LogP contribution in [-0.2, 0) is 6.54 Å². The van der Waals surface area contributed by atoms with Crippen molar-refractivity contribution in [3.63, 3.8) is 0 Å². The first-order chi connectivity index (χ1) is 7.58. The van der Waals surface area contributed by atoms with Gasteiger partial charge in [0, 0.05) is 6.54 Å². The van der Waals surface area contributed by atoms with Crippen molar-refractivity contribution in [1.29, 1.82) is 0 Å². The van der Waals surface area contributed by atoms with E-state index in [1.54, 1.807) is 6.20 Å². The summed E-state index contributed by atoms with van der Waals surface area (Å²) in [5.74, 6) is 1.86. The lowest BCUT2D eigenvalue weighted by atomic mass is 10.1. The van der Waals surface area contributed by atoms with Gasteiger partial charge in [0.05, 0.1) is 11.6 Å². The highest BCUT2D eigenvalue weighted by Gasteiger charge is 2.09. The summed E-state index contributed by atoms with van der Waals surface area (Å²) in [5, 5.41) is 5.15. The maximum absolute atomic E-state index is 5.82. The molecular weight excluding hydrogens is 202 g/mol. The van der Waals surface area contributed by atoms with E-state index in [2.05, 4.69) is 28.9 Å². The molecule has 16 heavy (non-hydrogen) atoms. The van der Waals surface area contributed by atoms with Gasteiger partial charge in [-0.05, 0) is 19.3 Å². The Morgan fingerprint density at radius 3 is 2.81 bits per heavy atom. The van der Waals surface area contributed by atoms with Gasteiger partial charge in [-0.25, -0.2) is 14.6 Å². The number of nitrogen functional groups attached to an aromatic ring is 1. The molecule has 2 heterocycles. The molecule has 2 rings (SSSR count). The van der Waals surface area contributed by atoms with E-state index >= 15 is 0 Å². The molecule has 0 saturated carbocycles. The fourth-order valence-corrected chi connectivity index (χ4v) is 1.63. The van der Waals surface area contributed by atoms with Crippen LogP contribution in [0.15, 0.2) is 6.20 Å². The highest BCUT2D eigenvalue weighted by atomic mass is 15.3. The lowest BCUT2D eigenvalue weighted by Crippen LogP contribution is -2.05. The van der Waals surface area contributed by atoms with Gasteiger partial charge in [-0.3, -0.25) is 0 Å². The smallest absolute Gasteiger partial charge is 0.163 e. The highest BCUT2D eigenvalue weighted by molar-refractivity contribution is 5.84. The molecule has 0 aliphatic rings. The number of fused-ring (bicyclic) bond motifs is 1. The van der Waals surface area contributed by atoms with Crippen molar-refractivity contribution in [2.24, 2.45) is 5.92 Å². The van der Waals surface area contributed by atoms with Crippen LogP contribution in [-0.4, -0.2) is 19.7 Å². The van der Waals surface area contributed by atoms with Gasteiger partial charge in [-0.2, -0.15) is 5.10 Å². The third kappa shape index (κ3) is 1.98. The number of aryl methyl sites for hydroxylation is 2. The molecule has 2 aromatic heterocycles. The molecule has 2 aromatic rings. The Hall–Kier alpha value is -1.65. The van der Waals surface area contributed by atoms with Gasteiger partial charge in [0.15, 0.2) is 5.65 Å². The largest absolute Gasteiger partial charge is 0.383 e. The number of rotatable bonds is 3. The van der Waals surface area contributed by atoms with E-state index in [1.807, 2.05) is 11.6 Å². The molecule has 0 aromatic carbocycles.